The Bertz CT molecular complexity index is 604. The molecule has 0 aliphatic heterocycles. The Kier molecular flexibility index (Phi) is 1.79. The number of aryl methyl sites for hydroxylation is 1. The Labute approximate surface area is 94.5 Å². The number of benzene rings is 1. The van der Waals surface area contributed by atoms with Crippen molar-refractivity contribution >= 4 is 10.9 Å². The van der Waals surface area contributed by atoms with E-state index in [9.17, 15) is 5.26 Å². The third-order valence-electron chi connectivity index (χ3n) is 3.32. The van der Waals surface area contributed by atoms with E-state index in [0.717, 1.165) is 35.0 Å². The zero-order chi connectivity index (χ0) is 11.2. The SMILES string of the molecule is Cc1cc(C2(C#N)CC2)c2ccccc2n1. The third-order valence-corrected chi connectivity index (χ3v) is 3.32. The van der Waals surface area contributed by atoms with Crippen LogP contribution in [0.4, 0.5) is 0 Å². The number of aromatic nitrogens is 1. The van der Waals surface area contributed by atoms with E-state index in [-0.39, 0.29) is 5.41 Å². The van der Waals surface area contributed by atoms with Gasteiger partial charge in [0.1, 0.15) is 0 Å². The molecule has 2 nitrogen and oxygen atoms in total. The van der Waals surface area contributed by atoms with Crippen LogP contribution < -0.4 is 0 Å². The Hall–Kier alpha value is -1.88. The summed E-state index contributed by atoms with van der Waals surface area (Å²) in [7, 11) is 0. The van der Waals surface area contributed by atoms with E-state index in [1.54, 1.807) is 0 Å². The van der Waals surface area contributed by atoms with Crippen molar-refractivity contribution < 1.29 is 0 Å². The van der Waals surface area contributed by atoms with Crippen LogP contribution in [0.3, 0.4) is 0 Å². The molecular weight excluding hydrogens is 196 g/mol. The molecule has 1 aliphatic carbocycles. The van der Waals surface area contributed by atoms with Crippen LogP contribution in [0.5, 0.6) is 0 Å². The van der Waals surface area contributed by atoms with Crippen molar-refractivity contribution in [1.82, 2.24) is 4.98 Å². The van der Waals surface area contributed by atoms with Gasteiger partial charge in [-0.25, -0.2) is 0 Å². The summed E-state index contributed by atoms with van der Waals surface area (Å²) in [5, 5.41) is 10.4. The number of nitriles is 1. The highest BCUT2D eigenvalue weighted by molar-refractivity contribution is 5.84. The lowest BCUT2D eigenvalue weighted by Gasteiger charge is -2.11. The van der Waals surface area contributed by atoms with Gasteiger partial charge in [-0.1, -0.05) is 18.2 Å². The minimum absolute atomic E-state index is 0.229. The first kappa shape index (κ1) is 9.35. The van der Waals surface area contributed by atoms with Crippen LogP contribution >= 0.6 is 0 Å². The topological polar surface area (TPSA) is 36.7 Å². The van der Waals surface area contributed by atoms with Crippen molar-refractivity contribution in [3.63, 3.8) is 0 Å². The van der Waals surface area contributed by atoms with Crippen LogP contribution in [0.2, 0.25) is 0 Å². The predicted octanol–water partition coefficient (Wildman–Crippen LogP) is 3.10. The summed E-state index contributed by atoms with van der Waals surface area (Å²) in [6.45, 7) is 1.99. The van der Waals surface area contributed by atoms with E-state index in [2.05, 4.69) is 23.2 Å². The molecule has 2 heteroatoms. The molecule has 0 amide bonds. The lowest BCUT2D eigenvalue weighted by Crippen LogP contribution is -2.05. The first-order valence-corrected chi connectivity index (χ1v) is 5.53. The molecule has 0 radical (unpaired) electrons. The van der Waals surface area contributed by atoms with Crippen LogP contribution in [0.15, 0.2) is 30.3 Å². The molecule has 0 unspecified atom stereocenters. The second-order valence-electron chi connectivity index (χ2n) is 4.52. The molecule has 1 aromatic carbocycles. The van der Waals surface area contributed by atoms with E-state index in [1.807, 2.05) is 25.1 Å². The van der Waals surface area contributed by atoms with Gasteiger partial charge in [0.05, 0.1) is 17.0 Å². The summed E-state index contributed by atoms with van der Waals surface area (Å²) in [4.78, 5) is 4.50. The number of hydrogen-bond acceptors (Lipinski definition) is 2. The quantitative estimate of drug-likeness (QED) is 0.722. The maximum Gasteiger partial charge on any atom is 0.0831 e. The Morgan fingerprint density at radius 1 is 1.31 bits per heavy atom. The lowest BCUT2D eigenvalue weighted by molar-refractivity contribution is 0.913. The molecule has 78 valence electrons. The number of pyridine rings is 1. The maximum atomic E-state index is 9.29. The Morgan fingerprint density at radius 2 is 2.06 bits per heavy atom. The van der Waals surface area contributed by atoms with E-state index in [0.29, 0.717) is 0 Å². The minimum Gasteiger partial charge on any atom is -0.253 e. The van der Waals surface area contributed by atoms with Gasteiger partial charge in [-0.3, -0.25) is 4.98 Å². The van der Waals surface area contributed by atoms with E-state index in [1.165, 1.54) is 0 Å². The number of hydrogen-bond donors (Lipinski definition) is 0. The van der Waals surface area contributed by atoms with Gasteiger partial charge in [-0.05, 0) is 37.5 Å². The second kappa shape index (κ2) is 3.05. The number of nitrogens with zero attached hydrogens (tertiary/aromatic N) is 2. The van der Waals surface area contributed by atoms with Gasteiger partial charge in [0.25, 0.3) is 0 Å². The highest BCUT2D eigenvalue weighted by Gasteiger charge is 2.46. The van der Waals surface area contributed by atoms with Crippen molar-refractivity contribution in [2.45, 2.75) is 25.2 Å². The zero-order valence-electron chi connectivity index (χ0n) is 9.20. The lowest BCUT2D eigenvalue weighted by atomic mass is 9.93. The zero-order valence-corrected chi connectivity index (χ0v) is 9.20. The van der Waals surface area contributed by atoms with Crippen molar-refractivity contribution in [1.29, 1.82) is 5.26 Å². The molecule has 0 atom stereocenters. The van der Waals surface area contributed by atoms with Crippen LogP contribution in [-0.4, -0.2) is 4.98 Å². The van der Waals surface area contributed by atoms with Crippen molar-refractivity contribution in [3.05, 3.63) is 41.6 Å². The van der Waals surface area contributed by atoms with Crippen LogP contribution in [0.25, 0.3) is 10.9 Å². The summed E-state index contributed by atoms with van der Waals surface area (Å²) in [6.07, 6.45) is 1.97. The molecule has 1 aromatic heterocycles. The Balaban J connectivity index is 2.36. The molecule has 0 saturated heterocycles. The summed E-state index contributed by atoms with van der Waals surface area (Å²) < 4.78 is 0. The van der Waals surface area contributed by atoms with Gasteiger partial charge in [0.15, 0.2) is 0 Å². The van der Waals surface area contributed by atoms with Gasteiger partial charge >= 0.3 is 0 Å². The predicted molar refractivity (Wildman–Crippen MR) is 63.0 cm³/mol. The standard InChI is InChI=1S/C14H12N2/c1-10-8-12(14(9-15)6-7-14)11-4-2-3-5-13(11)16-10/h2-5,8H,6-7H2,1H3. The highest BCUT2D eigenvalue weighted by atomic mass is 14.7. The second-order valence-corrected chi connectivity index (χ2v) is 4.52. The monoisotopic (exact) mass is 208 g/mol. The molecule has 2 aromatic rings. The molecule has 1 fully saturated rings. The summed E-state index contributed by atoms with van der Waals surface area (Å²) in [5.74, 6) is 0. The number of fused-ring (bicyclic) bond motifs is 1. The van der Waals surface area contributed by atoms with Crippen LogP contribution in [0, 0.1) is 18.3 Å². The van der Waals surface area contributed by atoms with Crippen LogP contribution in [0.1, 0.15) is 24.1 Å². The van der Waals surface area contributed by atoms with Gasteiger partial charge in [0.2, 0.25) is 0 Å². The third kappa shape index (κ3) is 1.22. The molecule has 1 saturated carbocycles. The van der Waals surface area contributed by atoms with Gasteiger partial charge < -0.3 is 0 Å². The first-order valence-electron chi connectivity index (χ1n) is 5.53. The highest BCUT2D eigenvalue weighted by Crippen LogP contribution is 2.49. The first-order chi connectivity index (χ1) is 7.75. The summed E-state index contributed by atoms with van der Waals surface area (Å²) in [6, 6.07) is 12.6. The Morgan fingerprint density at radius 3 is 2.75 bits per heavy atom. The van der Waals surface area contributed by atoms with Gasteiger partial charge in [-0.15, -0.1) is 0 Å². The van der Waals surface area contributed by atoms with E-state index in [4.69, 9.17) is 0 Å². The molecule has 16 heavy (non-hydrogen) atoms. The van der Waals surface area contributed by atoms with Gasteiger partial charge in [-0.2, -0.15) is 5.26 Å². The van der Waals surface area contributed by atoms with Crippen molar-refractivity contribution in [3.8, 4) is 6.07 Å². The largest absolute Gasteiger partial charge is 0.253 e. The molecule has 0 spiro atoms. The molecule has 1 heterocycles. The normalized spacial score (nSPS) is 17.0. The maximum absolute atomic E-state index is 9.29. The molecule has 0 N–H and O–H groups in total. The number of rotatable bonds is 1. The molecule has 0 bridgehead atoms. The van der Waals surface area contributed by atoms with Crippen molar-refractivity contribution in [2.75, 3.05) is 0 Å². The molecule has 3 rings (SSSR count). The smallest absolute Gasteiger partial charge is 0.0831 e. The average Bonchev–Trinajstić information content (AvgIpc) is 3.08. The van der Waals surface area contributed by atoms with Crippen LogP contribution in [-0.2, 0) is 5.41 Å². The molecular formula is C14H12N2. The fraction of sp³-hybridized carbons (Fsp3) is 0.286. The number of para-hydroxylation sites is 1. The van der Waals surface area contributed by atoms with Gasteiger partial charge in [0, 0.05) is 11.1 Å². The molecule has 1 aliphatic rings. The average molecular weight is 208 g/mol. The fourth-order valence-corrected chi connectivity index (χ4v) is 2.27. The summed E-state index contributed by atoms with van der Waals surface area (Å²) >= 11 is 0. The summed E-state index contributed by atoms with van der Waals surface area (Å²) in [5.41, 5.74) is 2.93. The van der Waals surface area contributed by atoms with E-state index < -0.39 is 0 Å². The van der Waals surface area contributed by atoms with E-state index >= 15 is 0 Å². The fourth-order valence-electron chi connectivity index (χ4n) is 2.27. The minimum atomic E-state index is -0.229. The van der Waals surface area contributed by atoms with Crippen molar-refractivity contribution in [2.24, 2.45) is 0 Å².